The summed E-state index contributed by atoms with van der Waals surface area (Å²) in [5.74, 6) is 0. The first-order chi connectivity index (χ1) is 6.15. The minimum absolute atomic E-state index is 0.00644. The highest BCUT2D eigenvalue weighted by Gasteiger charge is 2.07. The quantitative estimate of drug-likeness (QED) is 0.775. The first-order valence-electron chi connectivity index (χ1n) is 4.14. The highest BCUT2D eigenvalue weighted by Crippen LogP contribution is 2.20. The van der Waals surface area contributed by atoms with Crippen molar-refractivity contribution in [2.45, 2.75) is 18.7 Å². The molecule has 0 radical (unpaired) electrons. The molecule has 0 bridgehead atoms. The highest BCUT2D eigenvalue weighted by molar-refractivity contribution is 6.31. The highest BCUT2D eigenvalue weighted by atomic mass is 35.5. The molecule has 1 aromatic carbocycles. The second kappa shape index (κ2) is 4.85. The topological polar surface area (TPSA) is 20.2 Å². The lowest BCUT2D eigenvalue weighted by molar-refractivity contribution is 0.292. The second-order valence-electron chi connectivity index (χ2n) is 3.01. The standard InChI is InChI=1S/C10H12Cl2O/c1-7-8(5-9(11)6-13)3-2-4-10(7)12/h2-4,9,13H,5-6H2,1H3. The number of halogens is 2. The van der Waals surface area contributed by atoms with Crippen LogP contribution in [0.4, 0.5) is 0 Å². The SMILES string of the molecule is Cc1c(Cl)cccc1CC(Cl)CO. The van der Waals surface area contributed by atoms with E-state index < -0.39 is 0 Å². The number of alkyl halides is 1. The Kier molecular flexibility index (Phi) is 4.04. The molecule has 1 rings (SSSR count). The molecule has 1 aromatic rings. The molecule has 0 saturated heterocycles. The molecular weight excluding hydrogens is 207 g/mol. The summed E-state index contributed by atoms with van der Waals surface area (Å²) in [6.45, 7) is 1.95. The predicted molar refractivity (Wildman–Crippen MR) is 56.6 cm³/mol. The number of rotatable bonds is 3. The van der Waals surface area contributed by atoms with Gasteiger partial charge in [0.15, 0.2) is 0 Å². The smallest absolute Gasteiger partial charge is 0.0607 e. The van der Waals surface area contributed by atoms with Gasteiger partial charge in [-0.15, -0.1) is 11.6 Å². The molecule has 1 nitrogen and oxygen atoms in total. The monoisotopic (exact) mass is 218 g/mol. The minimum atomic E-state index is -0.225. The lowest BCUT2D eigenvalue weighted by Gasteiger charge is -2.09. The van der Waals surface area contributed by atoms with Crippen molar-refractivity contribution in [3.63, 3.8) is 0 Å². The molecule has 0 amide bonds. The maximum absolute atomic E-state index is 8.79. The van der Waals surface area contributed by atoms with Gasteiger partial charge in [0.05, 0.1) is 12.0 Å². The molecule has 0 spiro atoms. The summed E-state index contributed by atoms with van der Waals surface area (Å²) in [4.78, 5) is 0. The molecule has 0 fully saturated rings. The fraction of sp³-hybridized carbons (Fsp3) is 0.400. The van der Waals surface area contributed by atoms with Gasteiger partial charge in [-0.3, -0.25) is 0 Å². The lowest BCUT2D eigenvalue weighted by atomic mass is 10.0. The lowest BCUT2D eigenvalue weighted by Crippen LogP contribution is -2.09. The third kappa shape index (κ3) is 2.87. The molecule has 0 saturated carbocycles. The van der Waals surface area contributed by atoms with E-state index in [0.717, 1.165) is 16.1 Å². The van der Waals surface area contributed by atoms with Crippen LogP contribution in [0.3, 0.4) is 0 Å². The van der Waals surface area contributed by atoms with Crippen LogP contribution in [0, 0.1) is 6.92 Å². The molecule has 13 heavy (non-hydrogen) atoms. The predicted octanol–water partition coefficient (Wildman–Crippen LogP) is 2.79. The zero-order valence-electron chi connectivity index (χ0n) is 7.43. The van der Waals surface area contributed by atoms with Crippen LogP contribution >= 0.6 is 23.2 Å². The van der Waals surface area contributed by atoms with Crippen molar-refractivity contribution in [1.29, 1.82) is 0 Å². The molecule has 0 aromatic heterocycles. The van der Waals surface area contributed by atoms with Crippen LogP contribution < -0.4 is 0 Å². The van der Waals surface area contributed by atoms with Crippen LogP contribution in [0.1, 0.15) is 11.1 Å². The van der Waals surface area contributed by atoms with E-state index >= 15 is 0 Å². The Labute approximate surface area is 88.3 Å². The van der Waals surface area contributed by atoms with Gasteiger partial charge in [0, 0.05) is 5.02 Å². The van der Waals surface area contributed by atoms with Gasteiger partial charge >= 0.3 is 0 Å². The number of benzene rings is 1. The van der Waals surface area contributed by atoms with Crippen LogP contribution in [0.2, 0.25) is 5.02 Å². The van der Waals surface area contributed by atoms with E-state index in [1.165, 1.54) is 0 Å². The molecule has 0 aliphatic carbocycles. The van der Waals surface area contributed by atoms with Gasteiger partial charge in [-0.1, -0.05) is 23.7 Å². The van der Waals surface area contributed by atoms with Gasteiger partial charge in [0.2, 0.25) is 0 Å². The van der Waals surface area contributed by atoms with Crippen LogP contribution in [-0.4, -0.2) is 17.1 Å². The van der Waals surface area contributed by atoms with Gasteiger partial charge in [-0.2, -0.15) is 0 Å². The number of hydrogen-bond donors (Lipinski definition) is 1. The number of aliphatic hydroxyl groups is 1. The van der Waals surface area contributed by atoms with E-state index in [1.807, 2.05) is 25.1 Å². The summed E-state index contributed by atoms with van der Waals surface area (Å²) in [7, 11) is 0. The summed E-state index contributed by atoms with van der Waals surface area (Å²) < 4.78 is 0. The second-order valence-corrected chi connectivity index (χ2v) is 4.03. The third-order valence-electron chi connectivity index (χ3n) is 2.02. The Hall–Kier alpha value is -0.240. The van der Waals surface area contributed by atoms with E-state index in [4.69, 9.17) is 28.3 Å². The molecule has 0 heterocycles. The van der Waals surface area contributed by atoms with Gasteiger partial charge in [-0.25, -0.2) is 0 Å². The van der Waals surface area contributed by atoms with Crippen molar-refractivity contribution in [3.05, 3.63) is 34.3 Å². The van der Waals surface area contributed by atoms with Gasteiger partial charge in [-0.05, 0) is 30.5 Å². The summed E-state index contributed by atoms with van der Waals surface area (Å²) in [5.41, 5.74) is 2.14. The summed E-state index contributed by atoms with van der Waals surface area (Å²) in [6, 6.07) is 5.72. The summed E-state index contributed by atoms with van der Waals surface area (Å²) in [6.07, 6.45) is 0.657. The normalized spacial score (nSPS) is 12.9. The molecule has 1 unspecified atom stereocenters. The Bertz CT molecular complexity index is 286. The molecule has 3 heteroatoms. The first-order valence-corrected chi connectivity index (χ1v) is 4.95. The molecule has 1 N–H and O–H groups in total. The molecular formula is C10H12Cl2O. The molecule has 72 valence electrons. The fourth-order valence-electron chi connectivity index (χ4n) is 1.18. The van der Waals surface area contributed by atoms with Crippen LogP contribution in [0.5, 0.6) is 0 Å². The number of hydrogen-bond acceptors (Lipinski definition) is 1. The van der Waals surface area contributed by atoms with Gasteiger partial charge in [0.25, 0.3) is 0 Å². The van der Waals surface area contributed by atoms with E-state index in [9.17, 15) is 0 Å². The molecule has 0 aliphatic rings. The first kappa shape index (κ1) is 10.8. The van der Waals surface area contributed by atoms with E-state index in [-0.39, 0.29) is 12.0 Å². The van der Waals surface area contributed by atoms with E-state index in [1.54, 1.807) is 0 Å². The zero-order chi connectivity index (χ0) is 9.84. The Morgan fingerprint density at radius 1 is 1.46 bits per heavy atom. The largest absolute Gasteiger partial charge is 0.395 e. The van der Waals surface area contributed by atoms with Crippen LogP contribution in [0.15, 0.2) is 18.2 Å². The Balaban J connectivity index is 2.83. The molecule has 0 aliphatic heterocycles. The Morgan fingerprint density at radius 3 is 2.77 bits per heavy atom. The Morgan fingerprint density at radius 2 is 2.15 bits per heavy atom. The van der Waals surface area contributed by atoms with Gasteiger partial charge in [0.1, 0.15) is 0 Å². The maximum Gasteiger partial charge on any atom is 0.0607 e. The minimum Gasteiger partial charge on any atom is -0.395 e. The average molecular weight is 219 g/mol. The van der Waals surface area contributed by atoms with Crippen molar-refractivity contribution < 1.29 is 5.11 Å². The van der Waals surface area contributed by atoms with Gasteiger partial charge < -0.3 is 5.11 Å². The van der Waals surface area contributed by atoms with Crippen LogP contribution in [0.25, 0.3) is 0 Å². The van der Waals surface area contributed by atoms with Crippen molar-refractivity contribution in [1.82, 2.24) is 0 Å². The van der Waals surface area contributed by atoms with Crippen molar-refractivity contribution in [3.8, 4) is 0 Å². The summed E-state index contributed by atoms with van der Waals surface area (Å²) >= 11 is 11.8. The summed E-state index contributed by atoms with van der Waals surface area (Å²) in [5, 5.41) is 9.32. The fourth-order valence-corrected chi connectivity index (χ4v) is 1.54. The van der Waals surface area contributed by atoms with E-state index in [0.29, 0.717) is 6.42 Å². The molecule has 1 atom stereocenters. The van der Waals surface area contributed by atoms with Crippen molar-refractivity contribution in [2.24, 2.45) is 0 Å². The van der Waals surface area contributed by atoms with E-state index in [2.05, 4.69) is 0 Å². The average Bonchev–Trinajstić information content (AvgIpc) is 2.13. The number of aliphatic hydroxyl groups excluding tert-OH is 1. The maximum atomic E-state index is 8.79. The third-order valence-corrected chi connectivity index (χ3v) is 2.72. The van der Waals surface area contributed by atoms with Crippen LogP contribution in [-0.2, 0) is 6.42 Å². The van der Waals surface area contributed by atoms with Crippen molar-refractivity contribution >= 4 is 23.2 Å². The zero-order valence-corrected chi connectivity index (χ0v) is 8.94. The van der Waals surface area contributed by atoms with Crippen molar-refractivity contribution in [2.75, 3.05) is 6.61 Å².